The molecule has 1 aromatic rings. The summed E-state index contributed by atoms with van der Waals surface area (Å²) in [7, 11) is 2.16. The van der Waals surface area contributed by atoms with E-state index in [2.05, 4.69) is 35.9 Å². The lowest BCUT2D eigenvalue weighted by molar-refractivity contribution is 0.202. The Balaban J connectivity index is 2.20. The topological polar surface area (TPSA) is 32.5 Å². The van der Waals surface area contributed by atoms with Gasteiger partial charge in [0.05, 0.1) is 6.04 Å². The van der Waals surface area contributed by atoms with E-state index in [-0.39, 0.29) is 0 Å². The zero-order valence-corrected chi connectivity index (χ0v) is 11.2. The first-order valence-electron chi connectivity index (χ1n) is 6.04. The first kappa shape index (κ1) is 12.7. The number of piperazine rings is 1. The number of nitrogens with zero attached hydrogens (tertiary/aromatic N) is 2. The van der Waals surface area contributed by atoms with E-state index in [0.717, 1.165) is 18.1 Å². The van der Waals surface area contributed by atoms with Gasteiger partial charge in [-0.3, -0.25) is 4.90 Å². The molecule has 1 heterocycles. The summed E-state index contributed by atoms with van der Waals surface area (Å²) in [6, 6.07) is 8.96. The molecule has 0 bridgehead atoms. The fraction of sp³-hybridized carbons (Fsp3) is 0.538. The Hall–Kier alpha value is -0.770. The molecule has 2 atom stereocenters. The van der Waals surface area contributed by atoms with Gasteiger partial charge in [-0.1, -0.05) is 11.6 Å². The number of likely N-dealkylation sites (N-methyl/N-ethyl adjacent to an activating group) is 1. The molecule has 1 aromatic carbocycles. The van der Waals surface area contributed by atoms with Crippen molar-refractivity contribution in [3.63, 3.8) is 0 Å². The van der Waals surface area contributed by atoms with E-state index in [1.54, 1.807) is 0 Å². The van der Waals surface area contributed by atoms with Crippen LogP contribution >= 0.6 is 11.6 Å². The highest BCUT2D eigenvalue weighted by Gasteiger charge is 2.28. The Morgan fingerprint density at radius 1 is 1.29 bits per heavy atom. The predicted octanol–water partition coefficient (Wildman–Crippen LogP) is 1.81. The van der Waals surface area contributed by atoms with E-state index >= 15 is 0 Å². The van der Waals surface area contributed by atoms with Crippen LogP contribution in [-0.2, 0) is 0 Å². The summed E-state index contributed by atoms with van der Waals surface area (Å²) in [5.74, 6) is 0. The minimum absolute atomic E-state index is 0.386. The quantitative estimate of drug-likeness (QED) is 0.873. The summed E-state index contributed by atoms with van der Waals surface area (Å²) in [6.07, 6.45) is 0. The Morgan fingerprint density at radius 3 is 2.53 bits per heavy atom. The van der Waals surface area contributed by atoms with Gasteiger partial charge in [-0.2, -0.15) is 0 Å². The lowest BCUT2D eigenvalue weighted by atomic mass is 10.1. The zero-order valence-electron chi connectivity index (χ0n) is 10.4. The highest BCUT2D eigenvalue weighted by atomic mass is 35.5. The molecule has 1 aliphatic rings. The molecular weight excluding hydrogens is 234 g/mol. The maximum Gasteiger partial charge on any atom is 0.0540 e. The van der Waals surface area contributed by atoms with Crippen molar-refractivity contribution in [1.29, 1.82) is 0 Å². The fourth-order valence-corrected chi connectivity index (χ4v) is 2.46. The third-order valence-corrected chi connectivity index (χ3v) is 3.84. The van der Waals surface area contributed by atoms with Crippen molar-refractivity contribution in [2.24, 2.45) is 5.73 Å². The third-order valence-electron chi connectivity index (χ3n) is 3.58. The van der Waals surface area contributed by atoms with Crippen LogP contribution in [0.15, 0.2) is 24.3 Å². The number of anilines is 1. The molecule has 17 heavy (non-hydrogen) atoms. The summed E-state index contributed by atoms with van der Waals surface area (Å²) in [6.45, 7) is 4.95. The number of hydrogen-bond acceptors (Lipinski definition) is 3. The lowest BCUT2D eigenvalue weighted by Crippen LogP contribution is -2.58. The molecule has 0 amide bonds. The van der Waals surface area contributed by atoms with Crippen molar-refractivity contribution in [3.8, 4) is 0 Å². The molecule has 0 saturated carbocycles. The largest absolute Gasteiger partial charge is 0.364 e. The van der Waals surface area contributed by atoms with Crippen LogP contribution in [0.3, 0.4) is 0 Å². The van der Waals surface area contributed by atoms with Crippen molar-refractivity contribution in [1.82, 2.24) is 4.90 Å². The number of halogens is 1. The van der Waals surface area contributed by atoms with Crippen molar-refractivity contribution >= 4 is 17.3 Å². The van der Waals surface area contributed by atoms with Crippen LogP contribution in [0.1, 0.15) is 6.92 Å². The van der Waals surface area contributed by atoms with E-state index in [1.165, 1.54) is 5.69 Å². The molecule has 1 aliphatic heterocycles. The zero-order chi connectivity index (χ0) is 12.4. The van der Waals surface area contributed by atoms with Crippen LogP contribution < -0.4 is 10.6 Å². The molecule has 2 rings (SSSR count). The average Bonchev–Trinajstić information content (AvgIpc) is 2.33. The summed E-state index contributed by atoms with van der Waals surface area (Å²) in [5, 5.41) is 0.778. The van der Waals surface area contributed by atoms with Gasteiger partial charge in [0.2, 0.25) is 0 Å². The van der Waals surface area contributed by atoms with Crippen molar-refractivity contribution in [3.05, 3.63) is 29.3 Å². The average molecular weight is 254 g/mol. The monoisotopic (exact) mass is 253 g/mol. The molecule has 0 aromatic heterocycles. The van der Waals surface area contributed by atoms with E-state index in [0.29, 0.717) is 18.6 Å². The molecule has 2 unspecified atom stereocenters. The minimum atomic E-state index is 0.386. The Morgan fingerprint density at radius 2 is 1.94 bits per heavy atom. The van der Waals surface area contributed by atoms with Gasteiger partial charge in [0.25, 0.3) is 0 Å². The standard InChI is InChI=1S/C13H20ClN3/c1-10-8-17(13(7-15)9-16(10)2)12-5-3-11(14)4-6-12/h3-6,10,13H,7-9,15H2,1-2H3. The first-order chi connectivity index (χ1) is 8.11. The normalized spacial score (nSPS) is 26.2. The SMILES string of the molecule is CC1CN(c2ccc(Cl)cc2)C(CN)CN1C. The molecular formula is C13H20ClN3. The summed E-state index contributed by atoms with van der Waals surface area (Å²) in [5.41, 5.74) is 7.09. The Labute approximate surface area is 108 Å². The second-order valence-electron chi connectivity index (χ2n) is 4.81. The van der Waals surface area contributed by atoms with Gasteiger partial charge in [0.15, 0.2) is 0 Å². The third kappa shape index (κ3) is 2.73. The summed E-state index contributed by atoms with van der Waals surface area (Å²) >= 11 is 5.92. The second-order valence-corrected chi connectivity index (χ2v) is 5.24. The van der Waals surface area contributed by atoms with Crippen LogP contribution in [0, 0.1) is 0 Å². The van der Waals surface area contributed by atoms with Gasteiger partial charge >= 0.3 is 0 Å². The van der Waals surface area contributed by atoms with E-state index in [9.17, 15) is 0 Å². The van der Waals surface area contributed by atoms with Crippen LogP contribution in [0.5, 0.6) is 0 Å². The van der Waals surface area contributed by atoms with Gasteiger partial charge < -0.3 is 10.6 Å². The number of rotatable bonds is 2. The molecule has 4 heteroatoms. The van der Waals surface area contributed by atoms with Crippen LogP contribution in [0.25, 0.3) is 0 Å². The molecule has 3 nitrogen and oxygen atoms in total. The highest BCUT2D eigenvalue weighted by molar-refractivity contribution is 6.30. The molecule has 0 radical (unpaired) electrons. The fourth-order valence-electron chi connectivity index (χ4n) is 2.33. The van der Waals surface area contributed by atoms with Gasteiger partial charge in [-0.15, -0.1) is 0 Å². The molecule has 1 fully saturated rings. The number of benzene rings is 1. The van der Waals surface area contributed by atoms with E-state index in [1.807, 2.05) is 12.1 Å². The molecule has 94 valence electrons. The summed E-state index contributed by atoms with van der Waals surface area (Å²) in [4.78, 5) is 4.75. The smallest absolute Gasteiger partial charge is 0.0540 e. The van der Waals surface area contributed by atoms with Crippen molar-refractivity contribution in [2.45, 2.75) is 19.0 Å². The lowest BCUT2D eigenvalue weighted by Gasteiger charge is -2.44. The maximum atomic E-state index is 5.92. The Kier molecular flexibility index (Phi) is 3.92. The van der Waals surface area contributed by atoms with Crippen LogP contribution in [0.4, 0.5) is 5.69 Å². The molecule has 0 aliphatic carbocycles. The van der Waals surface area contributed by atoms with E-state index < -0.39 is 0 Å². The van der Waals surface area contributed by atoms with Crippen LogP contribution in [0.2, 0.25) is 5.02 Å². The van der Waals surface area contributed by atoms with Gasteiger partial charge in [0, 0.05) is 36.4 Å². The summed E-state index contributed by atoms with van der Waals surface area (Å²) < 4.78 is 0. The molecule has 0 spiro atoms. The van der Waals surface area contributed by atoms with Gasteiger partial charge in [-0.05, 0) is 38.2 Å². The maximum absolute atomic E-state index is 5.92. The van der Waals surface area contributed by atoms with Crippen molar-refractivity contribution < 1.29 is 0 Å². The van der Waals surface area contributed by atoms with Crippen LogP contribution in [-0.4, -0.2) is 43.7 Å². The second kappa shape index (κ2) is 5.25. The number of nitrogens with two attached hydrogens (primary N) is 1. The van der Waals surface area contributed by atoms with Gasteiger partial charge in [0.1, 0.15) is 0 Å². The van der Waals surface area contributed by atoms with E-state index in [4.69, 9.17) is 17.3 Å². The van der Waals surface area contributed by atoms with Crippen molar-refractivity contribution in [2.75, 3.05) is 31.6 Å². The highest BCUT2D eigenvalue weighted by Crippen LogP contribution is 2.23. The molecule has 1 saturated heterocycles. The number of hydrogen-bond donors (Lipinski definition) is 1. The first-order valence-corrected chi connectivity index (χ1v) is 6.42. The van der Waals surface area contributed by atoms with Gasteiger partial charge in [-0.25, -0.2) is 0 Å². The minimum Gasteiger partial charge on any atom is -0.364 e. The predicted molar refractivity (Wildman–Crippen MR) is 73.7 cm³/mol. The Bertz CT molecular complexity index is 365. The molecule has 2 N–H and O–H groups in total.